The average Bonchev–Trinajstić information content (AvgIpc) is 3.03. The van der Waals surface area contributed by atoms with Crippen LogP contribution >= 0.6 is 23.4 Å². The van der Waals surface area contributed by atoms with Crippen molar-refractivity contribution in [2.24, 2.45) is 0 Å². The molecule has 0 unspecified atom stereocenters. The normalized spacial score (nSPS) is 11.0. The van der Waals surface area contributed by atoms with E-state index in [0.29, 0.717) is 11.6 Å². The smallest absolute Gasteiger partial charge is 0.195 e. The third kappa shape index (κ3) is 4.84. The average molecular weight is 374 g/mol. The zero-order chi connectivity index (χ0) is 17.5. The summed E-state index contributed by atoms with van der Waals surface area (Å²) in [7, 11) is 0. The maximum Gasteiger partial charge on any atom is 0.195 e. The van der Waals surface area contributed by atoms with Gasteiger partial charge in [0.1, 0.15) is 5.82 Å². The quantitative estimate of drug-likeness (QED) is 0.426. The van der Waals surface area contributed by atoms with Crippen molar-refractivity contribution < 1.29 is 4.74 Å². The molecule has 0 amide bonds. The van der Waals surface area contributed by atoms with E-state index in [0.717, 1.165) is 35.4 Å². The van der Waals surface area contributed by atoms with Crippen LogP contribution in [0.4, 0.5) is 0 Å². The lowest BCUT2D eigenvalue weighted by Crippen LogP contribution is -2.05. The topological polar surface area (TPSA) is 39.9 Å². The Morgan fingerprint density at radius 3 is 2.52 bits per heavy atom. The van der Waals surface area contributed by atoms with Crippen LogP contribution in [-0.4, -0.2) is 33.7 Å². The number of hydrogen-bond donors (Lipinski definition) is 0. The van der Waals surface area contributed by atoms with Crippen LogP contribution in [0, 0.1) is 0 Å². The van der Waals surface area contributed by atoms with Crippen molar-refractivity contribution in [3.8, 4) is 5.69 Å². The van der Waals surface area contributed by atoms with Crippen LogP contribution in [0.15, 0.2) is 59.8 Å². The van der Waals surface area contributed by atoms with Gasteiger partial charge < -0.3 is 4.74 Å². The minimum absolute atomic E-state index is 0.697. The lowest BCUT2D eigenvalue weighted by molar-refractivity contribution is 0.164. The van der Waals surface area contributed by atoms with Gasteiger partial charge in [-0.3, -0.25) is 4.57 Å². The summed E-state index contributed by atoms with van der Waals surface area (Å²) in [4.78, 5) is 0. The fourth-order valence-electron chi connectivity index (χ4n) is 2.47. The molecule has 6 heteroatoms. The van der Waals surface area contributed by atoms with Crippen LogP contribution in [0.25, 0.3) is 5.69 Å². The van der Waals surface area contributed by atoms with Gasteiger partial charge in [0.2, 0.25) is 0 Å². The molecule has 0 atom stereocenters. The fraction of sp³-hybridized carbons (Fsp3) is 0.263. The van der Waals surface area contributed by atoms with E-state index in [-0.39, 0.29) is 0 Å². The van der Waals surface area contributed by atoms with Crippen LogP contribution in [-0.2, 0) is 11.2 Å². The van der Waals surface area contributed by atoms with E-state index in [2.05, 4.69) is 26.9 Å². The van der Waals surface area contributed by atoms with Gasteiger partial charge in [-0.05, 0) is 36.8 Å². The first-order valence-electron chi connectivity index (χ1n) is 8.22. The molecule has 0 bridgehead atoms. The zero-order valence-electron chi connectivity index (χ0n) is 14.1. The Morgan fingerprint density at radius 2 is 1.80 bits per heavy atom. The summed E-state index contributed by atoms with van der Waals surface area (Å²) in [5.41, 5.74) is 2.22. The molecule has 0 aliphatic heterocycles. The molecule has 3 rings (SSSR count). The summed E-state index contributed by atoms with van der Waals surface area (Å²) in [6.45, 7) is 3.42. The first kappa shape index (κ1) is 18.0. The first-order chi connectivity index (χ1) is 12.3. The molecular formula is C19H20ClN3OS. The number of hydrogen-bond acceptors (Lipinski definition) is 4. The minimum Gasteiger partial charge on any atom is -0.381 e. The molecule has 0 radical (unpaired) electrons. The molecule has 0 saturated carbocycles. The summed E-state index contributed by atoms with van der Waals surface area (Å²) in [6.07, 6.45) is 0.725. The minimum atomic E-state index is 0.697. The van der Waals surface area contributed by atoms with Crippen molar-refractivity contribution in [2.45, 2.75) is 18.5 Å². The fourth-order valence-corrected chi connectivity index (χ4v) is 3.42. The zero-order valence-corrected chi connectivity index (χ0v) is 15.6. The molecular weight excluding hydrogens is 354 g/mol. The maximum atomic E-state index is 6.04. The summed E-state index contributed by atoms with van der Waals surface area (Å²) < 4.78 is 7.52. The first-order valence-corrected chi connectivity index (χ1v) is 9.59. The molecule has 0 aliphatic carbocycles. The largest absolute Gasteiger partial charge is 0.381 e. The molecule has 0 fully saturated rings. The van der Waals surface area contributed by atoms with E-state index in [9.17, 15) is 0 Å². The molecule has 4 nitrogen and oxygen atoms in total. The van der Waals surface area contributed by atoms with Gasteiger partial charge >= 0.3 is 0 Å². The van der Waals surface area contributed by atoms with Gasteiger partial charge in [-0.25, -0.2) is 0 Å². The molecule has 130 valence electrons. The van der Waals surface area contributed by atoms with Gasteiger partial charge in [-0.2, -0.15) is 0 Å². The Bertz CT molecular complexity index is 790. The van der Waals surface area contributed by atoms with Gasteiger partial charge in [-0.15, -0.1) is 10.2 Å². The van der Waals surface area contributed by atoms with E-state index in [1.165, 1.54) is 5.56 Å². The second-order valence-electron chi connectivity index (χ2n) is 5.42. The third-order valence-electron chi connectivity index (χ3n) is 3.65. The molecule has 0 aliphatic rings. The number of nitrogens with zero attached hydrogens (tertiary/aromatic N) is 3. The van der Waals surface area contributed by atoms with E-state index in [1.54, 1.807) is 11.8 Å². The van der Waals surface area contributed by atoms with Crippen LogP contribution in [0.5, 0.6) is 0 Å². The van der Waals surface area contributed by atoms with E-state index in [1.807, 2.05) is 49.4 Å². The summed E-state index contributed by atoms with van der Waals surface area (Å²) >= 11 is 7.69. The van der Waals surface area contributed by atoms with Crippen LogP contribution < -0.4 is 0 Å². The standard InChI is InChI=1S/C19H20ClN3OS/c1-2-24-12-13-25-19-22-21-18(14-15-6-4-3-5-7-15)23(19)17-10-8-16(20)9-11-17/h3-11H,2,12-14H2,1H3. The Morgan fingerprint density at radius 1 is 1.04 bits per heavy atom. The van der Waals surface area contributed by atoms with Gasteiger partial charge in [-0.1, -0.05) is 53.7 Å². The Kier molecular flexibility index (Phi) is 6.50. The number of rotatable bonds is 8. The molecule has 1 heterocycles. The lowest BCUT2D eigenvalue weighted by Gasteiger charge is -2.10. The molecule has 0 spiro atoms. The van der Waals surface area contributed by atoms with Crippen molar-refractivity contribution in [3.05, 3.63) is 71.0 Å². The summed E-state index contributed by atoms with van der Waals surface area (Å²) in [6, 6.07) is 18.1. The summed E-state index contributed by atoms with van der Waals surface area (Å²) in [5.74, 6) is 1.75. The van der Waals surface area contributed by atoms with Crippen molar-refractivity contribution in [2.75, 3.05) is 19.0 Å². The van der Waals surface area contributed by atoms with Crippen LogP contribution in [0.3, 0.4) is 0 Å². The molecule has 3 aromatic rings. The predicted octanol–water partition coefficient (Wildman–Crippen LogP) is 4.64. The number of halogens is 1. The van der Waals surface area contributed by atoms with Crippen molar-refractivity contribution in [1.82, 2.24) is 14.8 Å². The highest BCUT2D eigenvalue weighted by atomic mass is 35.5. The van der Waals surface area contributed by atoms with Gasteiger partial charge in [0.15, 0.2) is 5.16 Å². The van der Waals surface area contributed by atoms with Crippen LogP contribution in [0.1, 0.15) is 18.3 Å². The van der Waals surface area contributed by atoms with Crippen LogP contribution in [0.2, 0.25) is 5.02 Å². The molecule has 0 saturated heterocycles. The summed E-state index contributed by atoms with van der Waals surface area (Å²) in [5, 5.41) is 10.4. The number of benzene rings is 2. The van der Waals surface area contributed by atoms with Gasteiger partial charge in [0.05, 0.1) is 6.61 Å². The molecule has 1 aromatic heterocycles. The molecule has 2 aromatic carbocycles. The Labute approximate surface area is 157 Å². The molecule has 25 heavy (non-hydrogen) atoms. The van der Waals surface area contributed by atoms with Gasteiger partial charge in [0, 0.05) is 29.5 Å². The second kappa shape index (κ2) is 9.04. The number of thioether (sulfide) groups is 1. The monoisotopic (exact) mass is 373 g/mol. The number of aromatic nitrogens is 3. The predicted molar refractivity (Wildman–Crippen MR) is 103 cm³/mol. The Balaban J connectivity index is 1.89. The maximum absolute atomic E-state index is 6.04. The van der Waals surface area contributed by atoms with E-state index < -0.39 is 0 Å². The Hall–Kier alpha value is -1.82. The second-order valence-corrected chi connectivity index (χ2v) is 6.92. The lowest BCUT2D eigenvalue weighted by atomic mass is 10.1. The van der Waals surface area contributed by atoms with Gasteiger partial charge in [0.25, 0.3) is 0 Å². The number of ether oxygens (including phenoxy) is 1. The highest BCUT2D eigenvalue weighted by molar-refractivity contribution is 7.99. The SMILES string of the molecule is CCOCCSc1nnc(Cc2ccccc2)n1-c1ccc(Cl)cc1. The molecule has 0 N–H and O–H groups in total. The highest BCUT2D eigenvalue weighted by Crippen LogP contribution is 2.24. The third-order valence-corrected chi connectivity index (χ3v) is 4.80. The van der Waals surface area contributed by atoms with E-state index >= 15 is 0 Å². The van der Waals surface area contributed by atoms with Crippen molar-refractivity contribution in [3.63, 3.8) is 0 Å². The highest BCUT2D eigenvalue weighted by Gasteiger charge is 2.15. The van der Waals surface area contributed by atoms with Crippen molar-refractivity contribution >= 4 is 23.4 Å². The van der Waals surface area contributed by atoms with E-state index in [4.69, 9.17) is 16.3 Å². The van der Waals surface area contributed by atoms with Crippen molar-refractivity contribution in [1.29, 1.82) is 0 Å².